The van der Waals surface area contributed by atoms with E-state index in [1.807, 2.05) is 24.3 Å². The highest BCUT2D eigenvalue weighted by molar-refractivity contribution is 9.10. The topological polar surface area (TPSA) is 23.6 Å². The largest absolute Gasteiger partial charge is 0.336 e. The van der Waals surface area contributed by atoms with E-state index in [1.165, 1.54) is 45.2 Å². The number of rotatable bonds is 4. The summed E-state index contributed by atoms with van der Waals surface area (Å²) in [6.45, 7) is 4.55. The molecule has 1 unspecified atom stereocenters. The van der Waals surface area contributed by atoms with Gasteiger partial charge >= 0.3 is 0 Å². The second-order valence-corrected chi connectivity index (χ2v) is 8.12. The molecule has 0 radical (unpaired) electrons. The maximum atomic E-state index is 12.9. The molecule has 2 aliphatic heterocycles. The van der Waals surface area contributed by atoms with Crippen LogP contribution in [-0.2, 0) is 0 Å². The standard InChI is InChI=1S/C20H29BrN2O.ClH/c21-18-10-8-17(9-11-18)20(24)23-15-6-3-7-19(23)12-16-22-13-4-1-2-5-14-22;/h8-11,19H,1-7,12-16H2;1H. The summed E-state index contributed by atoms with van der Waals surface area (Å²) in [6, 6.07) is 8.21. The average Bonchev–Trinajstić information content (AvgIpc) is 2.89. The monoisotopic (exact) mass is 428 g/mol. The van der Waals surface area contributed by atoms with Crippen LogP contribution in [0.4, 0.5) is 0 Å². The Morgan fingerprint density at radius 1 is 0.960 bits per heavy atom. The van der Waals surface area contributed by atoms with Crippen LogP contribution in [-0.4, -0.2) is 47.9 Å². The van der Waals surface area contributed by atoms with Crippen molar-refractivity contribution in [2.24, 2.45) is 0 Å². The first-order valence-corrected chi connectivity index (χ1v) is 10.3. The van der Waals surface area contributed by atoms with Crippen molar-refractivity contribution in [1.82, 2.24) is 9.80 Å². The van der Waals surface area contributed by atoms with Crippen LogP contribution >= 0.6 is 28.3 Å². The van der Waals surface area contributed by atoms with E-state index in [2.05, 4.69) is 25.7 Å². The number of likely N-dealkylation sites (tertiary alicyclic amines) is 2. The number of halogens is 2. The highest BCUT2D eigenvalue weighted by Gasteiger charge is 2.27. The van der Waals surface area contributed by atoms with E-state index in [-0.39, 0.29) is 18.3 Å². The predicted molar refractivity (Wildman–Crippen MR) is 110 cm³/mol. The molecule has 5 heteroatoms. The number of carbonyl (C=O) groups excluding carboxylic acids is 1. The lowest BCUT2D eigenvalue weighted by Crippen LogP contribution is -2.45. The SMILES string of the molecule is Cl.O=C(c1ccc(Br)cc1)N1CCCCC1CCN1CCCCCC1. The molecule has 140 valence electrons. The van der Waals surface area contributed by atoms with Gasteiger partial charge < -0.3 is 9.80 Å². The molecule has 1 aromatic carbocycles. The third-order valence-electron chi connectivity index (χ3n) is 5.46. The molecule has 2 fully saturated rings. The molecule has 25 heavy (non-hydrogen) atoms. The van der Waals surface area contributed by atoms with Crippen molar-refractivity contribution in [3.8, 4) is 0 Å². The van der Waals surface area contributed by atoms with Crippen LogP contribution in [0.2, 0.25) is 0 Å². The van der Waals surface area contributed by atoms with Crippen molar-refractivity contribution in [2.75, 3.05) is 26.2 Å². The third-order valence-corrected chi connectivity index (χ3v) is 5.99. The molecule has 0 N–H and O–H groups in total. The number of hydrogen-bond acceptors (Lipinski definition) is 2. The van der Waals surface area contributed by atoms with Gasteiger partial charge in [0.15, 0.2) is 0 Å². The summed E-state index contributed by atoms with van der Waals surface area (Å²) in [4.78, 5) is 17.7. The highest BCUT2D eigenvalue weighted by Crippen LogP contribution is 2.23. The fourth-order valence-electron chi connectivity index (χ4n) is 4.02. The lowest BCUT2D eigenvalue weighted by Gasteiger charge is -2.37. The summed E-state index contributed by atoms with van der Waals surface area (Å²) < 4.78 is 1.02. The molecular weight excluding hydrogens is 400 g/mol. The Morgan fingerprint density at radius 3 is 2.28 bits per heavy atom. The van der Waals surface area contributed by atoms with E-state index >= 15 is 0 Å². The van der Waals surface area contributed by atoms with Crippen LogP contribution in [0, 0.1) is 0 Å². The Hall–Kier alpha value is -0.580. The number of amides is 1. The quantitative estimate of drug-likeness (QED) is 0.662. The molecule has 2 heterocycles. The van der Waals surface area contributed by atoms with Gasteiger partial charge in [0.05, 0.1) is 0 Å². The molecule has 1 amide bonds. The van der Waals surface area contributed by atoms with Crippen molar-refractivity contribution >= 4 is 34.2 Å². The van der Waals surface area contributed by atoms with Crippen molar-refractivity contribution in [3.63, 3.8) is 0 Å². The second-order valence-electron chi connectivity index (χ2n) is 7.20. The van der Waals surface area contributed by atoms with Gasteiger partial charge in [0.2, 0.25) is 0 Å². The summed E-state index contributed by atoms with van der Waals surface area (Å²) in [5, 5.41) is 0. The molecule has 2 aliphatic rings. The second kappa shape index (κ2) is 10.5. The van der Waals surface area contributed by atoms with Crippen molar-refractivity contribution < 1.29 is 4.79 Å². The molecule has 0 spiro atoms. The van der Waals surface area contributed by atoms with Gasteiger partial charge in [-0.15, -0.1) is 12.4 Å². The lowest BCUT2D eigenvalue weighted by molar-refractivity contribution is 0.0584. The van der Waals surface area contributed by atoms with Crippen LogP contribution in [0.5, 0.6) is 0 Å². The van der Waals surface area contributed by atoms with Crippen molar-refractivity contribution in [3.05, 3.63) is 34.3 Å². The molecule has 1 atom stereocenters. The van der Waals surface area contributed by atoms with Gasteiger partial charge in [-0.2, -0.15) is 0 Å². The van der Waals surface area contributed by atoms with Crippen molar-refractivity contribution in [1.29, 1.82) is 0 Å². The summed E-state index contributed by atoms with van der Waals surface area (Å²) in [5.41, 5.74) is 0.819. The van der Waals surface area contributed by atoms with Crippen molar-refractivity contribution in [2.45, 2.75) is 57.4 Å². The summed E-state index contributed by atoms with van der Waals surface area (Å²) in [5.74, 6) is 0.211. The summed E-state index contributed by atoms with van der Waals surface area (Å²) >= 11 is 3.45. The zero-order chi connectivity index (χ0) is 16.8. The normalized spacial score (nSPS) is 22.1. The Bertz CT molecular complexity index is 529. The Kier molecular flexibility index (Phi) is 8.74. The molecule has 3 nitrogen and oxygen atoms in total. The van der Waals surface area contributed by atoms with E-state index < -0.39 is 0 Å². The lowest BCUT2D eigenvalue weighted by atomic mass is 9.98. The third kappa shape index (κ3) is 5.97. The number of nitrogens with zero attached hydrogens (tertiary/aromatic N) is 2. The van der Waals surface area contributed by atoms with E-state index in [4.69, 9.17) is 0 Å². The maximum Gasteiger partial charge on any atom is 0.254 e. The zero-order valence-electron chi connectivity index (χ0n) is 15.0. The van der Waals surface area contributed by atoms with Gasteiger partial charge in [-0.25, -0.2) is 0 Å². The molecule has 3 rings (SSSR count). The van der Waals surface area contributed by atoms with E-state index in [0.717, 1.165) is 42.4 Å². The average molecular weight is 430 g/mol. The number of benzene rings is 1. The first kappa shape index (κ1) is 20.7. The number of hydrogen-bond donors (Lipinski definition) is 0. The van der Waals surface area contributed by atoms with Gasteiger partial charge in [0, 0.05) is 29.2 Å². The smallest absolute Gasteiger partial charge is 0.254 e. The molecule has 0 aromatic heterocycles. The zero-order valence-corrected chi connectivity index (χ0v) is 17.4. The molecular formula is C20H30BrClN2O. The Morgan fingerprint density at radius 2 is 1.60 bits per heavy atom. The molecule has 0 saturated carbocycles. The fourth-order valence-corrected chi connectivity index (χ4v) is 4.28. The Balaban J connectivity index is 0.00000225. The maximum absolute atomic E-state index is 12.9. The van der Waals surface area contributed by atoms with Crippen LogP contribution in [0.15, 0.2) is 28.7 Å². The highest BCUT2D eigenvalue weighted by atomic mass is 79.9. The first-order chi connectivity index (χ1) is 11.7. The minimum atomic E-state index is 0. The van der Waals surface area contributed by atoms with Crippen LogP contribution < -0.4 is 0 Å². The van der Waals surface area contributed by atoms with E-state index in [1.54, 1.807) is 0 Å². The van der Waals surface area contributed by atoms with E-state index in [9.17, 15) is 4.79 Å². The summed E-state index contributed by atoms with van der Waals surface area (Å²) in [7, 11) is 0. The fraction of sp³-hybridized carbons (Fsp3) is 0.650. The minimum Gasteiger partial charge on any atom is -0.336 e. The van der Waals surface area contributed by atoms with Gasteiger partial charge in [0.25, 0.3) is 5.91 Å². The molecule has 1 aromatic rings. The minimum absolute atomic E-state index is 0. The van der Waals surface area contributed by atoms with Crippen LogP contribution in [0.3, 0.4) is 0 Å². The molecule has 0 aliphatic carbocycles. The van der Waals surface area contributed by atoms with Gasteiger partial charge in [0.1, 0.15) is 0 Å². The van der Waals surface area contributed by atoms with Crippen LogP contribution in [0.1, 0.15) is 61.7 Å². The van der Waals surface area contributed by atoms with E-state index in [0.29, 0.717) is 6.04 Å². The first-order valence-electron chi connectivity index (χ1n) is 9.53. The Labute approximate surface area is 166 Å². The number of piperidine rings is 1. The van der Waals surface area contributed by atoms with Gasteiger partial charge in [-0.1, -0.05) is 28.8 Å². The van der Waals surface area contributed by atoms with Crippen LogP contribution in [0.25, 0.3) is 0 Å². The van der Waals surface area contributed by atoms with Gasteiger partial charge in [-0.05, 0) is 75.9 Å². The summed E-state index contributed by atoms with van der Waals surface area (Å²) in [6.07, 6.45) is 10.1. The predicted octanol–water partition coefficient (Wildman–Crippen LogP) is 5.13. The number of carbonyl (C=O) groups is 1. The molecule has 0 bridgehead atoms. The molecule has 2 saturated heterocycles. The van der Waals surface area contributed by atoms with Gasteiger partial charge in [-0.3, -0.25) is 4.79 Å².